The Morgan fingerprint density at radius 2 is 1.10 bits per heavy atom. The zero-order valence-corrected chi connectivity index (χ0v) is 14.9. The van der Waals surface area contributed by atoms with Gasteiger partial charge in [0.25, 0.3) is 0 Å². The van der Waals surface area contributed by atoms with E-state index in [1.165, 1.54) is 83.5 Å². The van der Waals surface area contributed by atoms with E-state index in [1.807, 2.05) is 0 Å². The van der Waals surface area contributed by atoms with Crippen molar-refractivity contribution in [3.05, 3.63) is 6.42 Å². The molecular weight excluding hydrogens is 256 g/mol. The molecule has 0 bridgehead atoms. The number of rotatable bonds is 17. The van der Waals surface area contributed by atoms with Gasteiger partial charge >= 0.3 is 0 Å². The molecule has 0 aliphatic rings. The van der Waals surface area contributed by atoms with Gasteiger partial charge in [-0.25, -0.2) is 0 Å². The number of aliphatic hydroxyl groups excluding tert-OH is 1. The first-order chi connectivity index (χ1) is 10.3. The molecule has 0 saturated carbocycles. The van der Waals surface area contributed by atoms with E-state index in [9.17, 15) is 5.11 Å². The maximum Gasteiger partial charge on any atom is 0.0540 e. The summed E-state index contributed by atoms with van der Waals surface area (Å²) in [5.41, 5.74) is 0. The normalized spacial score (nSPS) is 12.7. The summed E-state index contributed by atoms with van der Waals surface area (Å²) in [7, 11) is 0. The molecule has 0 aliphatic carbocycles. The van der Waals surface area contributed by atoms with E-state index < -0.39 is 0 Å². The average Bonchev–Trinajstić information content (AvgIpc) is 2.49. The molecule has 1 nitrogen and oxygen atoms in total. The first-order valence-corrected chi connectivity index (χ1v) is 9.77. The van der Waals surface area contributed by atoms with E-state index in [0.717, 1.165) is 19.3 Å². The van der Waals surface area contributed by atoms with E-state index in [2.05, 4.69) is 20.3 Å². The van der Waals surface area contributed by atoms with Gasteiger partial charge in [-0.2, -0.15) is 0 Å². The number of aliphatic hydroxyl groups is 1. The van der Waals surface area contributed by atoms with E-state index >= 15 is 0 Å². The summed E-state index contributed by atoms with van der Waals surface area (Å²) < 4.78 is 0. The lowest BCUT2D eigenvalue weighted by Crippen LogP contribution is -2.05. The maximum atomic E-state index is 9.74. The summed E-state index contributed by atoms with van der Waals surface area (Å²) in [6, 6.07) is 0. The molecule has 1 N–H and O–H groups in total. The van der Waals surface area contributed by atoms with Crippen LogP contribution in [0.2, 0.25) is 0 Å². The highest BCUT2D eigenvalue weighted by Crippen LogP contribution is 2.14. The van der Waals surface area contributed by atoms with Gasteiger partial charge in [-0.05, 0) is 25.7 Å². The largest absolute Gasteiger partial charge is 0.393 e. The predicted octanol–water partition coefficient (Wildman–Crippen LogP) is 6.83. The summed E-state index contributed by atoms with van der Waals surface area (Å²) in [6.07, 6.45) is 23.2. The van der Waals surface area contributed by atoms with Gasteiger partial charge in [-0.3, -0.25) is 0 Å². The van der Waals surface area contributed by atoms with E-state index in [0.29, 0.717) is 0 Å². The van der Waals surface area contributed by atoms with Gasteiger partial charge in [0.2, 0.25) is 0 Å². The van der Waals surface area contributed by atoms with Crippen molar-refractivity contribution in [2.45, 2.75) is 123 Å². The Kier molecular flexibility index (Phi) is 18.0. The van der Waals surface area contributed by atoms with Crippen LogP contribution in [0.1, 0.15) is 117 Å². The van der Waals surface area contributed by atoms with E-state index in [1.54, 1.807) is 0 Å². The van der Waals surface area contributed by atoms with Crippen molar-refractivity contribution in [1.82, 2.24) is 0 Å². The smallest absolute Gasteiger partial charge is 0.0540 e. The second-order valence-electron chi connectivity index (χ2n) is 6.67. The van der Waals surface area contributed by atoms with Crippen molar-refractivity contribution in [2.24, 2.45) is 0 Å². The Balaban J connectivity index is 3.02. The third kappa shape index (κ3) is 17.9. The van der Waals surface area contributed by atoms with Crippen LogP contribution in [0.15, 0.2) is 0 Å². The Bertz CT molecular complexity index is 179. The number of hydrogen-bond acceptors (Lipinski definition) is 1. The Labute approximate surface area is 134 Å². The van der Waals surface area contributed by atoms with Crippen molar-refractivity contribution in [3.63, 3.8) is 0 Å². The molecule has 0 heterocycles. The third-order valence-electron chi connectivity index (χ3n) is 4.43. The molecule has 1 heteroatoms. The zero-order chi connectivity index (χ0) is 15.6. The second kappa shape index (κ2) is 18.0. The molecule has 0 amide bonds. The van der Waals surface area contributed by atoms with Crippen LogP contribution in [0.3, 0.4) is 0 Å². The summed E-state index contributed by atoms with van der Waals surface area (Å²) in [6.45, 7) is 4.35. The summed E-state index contributed by atoms with van der Waals surface area (Å²) in [5, 5.41) is 9.74. The van der Waals surface area contributed by atoms with Gasteiger partial charge in [0.1, 0.15) is 0 Å². The van der Waals surface area contributed by atoms with Gasteiger partial charge in [-0.15, -0.1) is 0 Å². The Morgan fingerprint density at radius 3 is 1.52 bits per heavy atom. The van der Waals surface area contributed by atoms with E-state index in [-0.39, 0.29) is 6.10 Å². The van der Waals surface area contributed by atoms with Crippen LogP contribution in [-0.2, 0) is 0 Å². The van der Waals surface area contributed by atoms with Gasteiger partial charge < -0.3 is 5.11 Å². The topological polar surface area (TPSA) is 20.2 Å². The molecule has 1 atom stereocenters. The standard InChI is InChI=1S/C20H41O/c1-3-5-7-8-9-10-11-12-13-14-15-16-17-19-20(21)18-6-4-2/h4,20-21H,3,5-19H2,1-2H3. The van der Waals surface area contributed by atoms with Crippen molar-refractivity contribution in [3.8, 4) is 0 Å². The van der Waals surface area contributed by atoms with Crippen LogP contribution in [0.5, 0.6) is 0 Å². The highest BCUT2D eigenvalue weighted by Gasteiger charge is 2.02. The highest BCUT2D eigenvalue weighted by atomic mass is 16.3. The van der Waals surface area contributed by atoms with Crippen LogP contribution in [0.25, 0.3) is 0 Å². The molecule has 0 aliphatic heterocycles. The minimum atomic E-state index is -0.0612. The lowest BCUT2D eigenvalue weighted by atomic mass is 10.0. The number of hydrogen-bond donors (Lipinski definition) is 1. The monoisotopic (exact) mass is 297 g/mol. The Morgan fingerprint density at radius 1 is 0.667 bits per heavy atom. The van der Waals surface area contributed by atoms with Crippen LogP contribution < -0.4 is 0 Å². The van der Waals surface area contributed by atoms with Crippen molar-refractivity contribution < 1.29 is 5.11 Å². The lowest BCUT2D eigenvalue weighted by molar-refractivity contribution is 0.151. The molecule has 0 rings (SSSR count). The molecular formula is C20H41O. The molecule has 1 radical (unpaired) electrons. The van der Waals surface area contributed by atoms with Gasteiger partial charge in [0.15, 0.2) is 0 Å². The molecule has 0 saturated heterocycles. The van der Waals surface area contributed by atoms with Gasteiger partial charge in [0, 0.05) is 0 Å². The fourth-order valence-electron chi connectivity index (χ4n) is 2.90. The minimum absolute atomic E-state index is 0.0612. The summed E-state index contributed by atoms with van der Waals surface area (Å²) in [4.78, 5) is 0. The molecule has 0 fully saturated rings. The van der Waals surface area contributed by atoms with E-state index in [4.69, 9.17) is 0 Å². The maximum absolute atomic E-state index is 9.74. The highest BCUT2D eigenvalue weighted by molar-refractivity contribution is 4.62. The van der Waals surface area contributed by atoms with Crippen molar-refractivity contribution >= 4 is 0 Å². The quantitative estimate of drug-likeness (QED) is 0.292. The Hall–Kier alpha value is -0.0400. The fourth-order valence-corrected chi connectivity index (χ4v) is 2.90. The third-order valence-corrected chi connectivity index (χ3v) is 4.43. The molecule has 127 valence electrons. The summed E-state index contributed by atoms with van der Waals surface area (Å²) >= 11 is 0. The predicted molar refractivity (Wildman–Crippen MR) is 95.5 cm³/mol. The molecule has 0 spiro atoms. The molecule has 21 heavy (non-hydrogen) atoms. The first-order valence-electron chi connectivity index (χ1n) is 9.77. The van der Waals surface area contributed by atoms with Gasteiger partial charge in [0.05, 0.1) is 6.10 Å². The molecule has 0 aromatic carbocycles. The first kappa shape index (κ1) is 21.0. The van der Waals surface area contributed by atoms with Crippen LogP contribution in [0.4, 0.5) is 0 Å². The van der Waals surface area contributed by atoms with Crippen molar-refractivity contribution in [2.75, 3.05) is 0 Å². The molecule has 0 aromatic heterocycles. The van der Waals surface area contributed by atoms with Gasteiger partial charge in [-0.1, -0.05) is 97.3 Å². The van der Waals surface area contributed by atoms with Crippen LogP contribution in [-0.4, -0.2) is 11.2 Å². The zero-order valence-electron chi connectivity index (χ0n) is 14.9. The fraction of sp³-hybridized carbons (Fsp3) is 0.950. The minimum Gasteiger partial charge on any atom is -0.393 e. The molecule has 0 aromatic rings. The number of unbranched alkanes of at least 4 members (excludes halogenated alkanes) is 13. The molecule has 1 unspecified atom stereocenters. The van der Waals surface area contributed by atoms with Crippen LogP contribution >= 0.6 is 0 Å². The van der Waals surface area contributed by atoms with Crippen LogP contribution in [0, 0.1) is 6.42 Å². The SMILES string of the molecule is C[CH]CCC(O)CCCCCCCCCCCCCCC. The van der Waals surface area contributed by atoms with Crippen molar-refractivity contribution in [1.29, 1.82) is 0 Å². The average molecular weight is 298 g/mol. The summed E-state index contributed by atoms with van der Waals surface area (Å²) in [5.74, 6) is 0. The second-order valence-corrected chi connectivity index (χ2v) is 6.67. The lowest BCUT2D eigenvalue weighted by Gasteiger charge is -2.09.